The van der Waals surface area contributed by atoms with Crippen LogP contribution in [0, 0.1) is 6.92 Å². The van der Waals surface area contributed by atoms with E-state index in [4.69, 9.17) is 5.73 Å². The van der Waals surface area contributed by atoms with Gasteiger partial charge in [-0.3, -0.25) is 14.5 Å². The van der Waals surface area contributed by atoms with Gasteiger partial charge in [-0.25, -0.2) is 9.97 Å². The lowest BCUT2D eigenvalue weighted by atomic mass is 10.0. The zero-order chi connectivity index (χ0) is 16.4. The number of piperidine rings is 1. The first kappa shape index (κ1) is 15.9. The highest BCUT2D eigenvalue weighted by Crippen LogP contribution is 2.19. The number of likely N-dealkylation sites (tertiary alicyclic amines) is 1. The Morgan fingerprint density at radius 3 is 2.96 bits per heavy atom. The standard InChI is InChI=1S/C16H23N5O2/c1-11-18-8-12-5-7-20(9-13(12)19-11)10-15(22)21-6-3-2-4-14(21)16(17)23/h8,14H,2-7,9-10H2,1H3,(H2,17,23). The van der Waals surface area contributed by atoms with E-state index >= 15 is 0 Å². The van der Waals surface area contributed by atoms with E-state index in [0.29, 0.717) is 26.1 Å². The summed E-state index contributed by atoms with van der Waals surface area (Å²) in [5.41, 5.74) is 7.61. The Morgan fingerprint density at radius 2 is 2.17 bits per heavy atom. The van der Waals surface area contributed by atoms with E-state index in [1.54, 1.807) is 4.90 Å². The minimum atomic E-state index is -0.446. The summed E-state index contributed by atoms with van der Waals surface area (Å²) in [4.78, 5) is 36.6. The first-order valence-electron chi connectivity index (χ1n) is 8.17. The van der Waals surface area contributed by atoms with Gasteiger partial charge >= 0.3 is 0 Å². The molecule has 0 saturated carbocycles. The lowest BCUT2D eigenvalue weighted by Gasteiger charge is -2.36. The molecule has 23 heavy (non-hydrogen) atoms. The molecular formula is C16H23N5O2. The number of aromatic nitrogens is 2. The number of amides is 2. The molecule has 3 heterocycles. The van der Waals surface area contributed by atoms with E-state index in [1.807, 2.05) is 13.1 Å². The molecule has 1 unspecified atom stereocenters. The third-order valence-corrected chi connectivity index (χ3v) is 4.66. The van der Waals surface area contributed by atoms with E-state index < -0.39 is 11.9 Å². The number of aryl methyl sites for hydroxylation is 1. The average Bonchev–Trinajstić information content (AvgIpc) is 2.54. The predicted molar refractivity (Wildman–Crippen MR) is 84.3 cm³/mol. The van der Waals surface area contributed by atoms with E-state index in [0.717, 1.165) is 42.9 Å². The molecule has 124 valence electrons. The van der Waals surface area contributed by atoms with Gasteiger partial charge in [-0.05, 0) is 38.2 Å². The Balaban J connectivity index is 1.65. The lowest BCUT2D eigenvalue weighted by Crippen LogP contribution is -2.53. The van der Waals surface area contributed by atoms with Crippen molar-refractivity contribution in [3.8, 4) is 0 Å². The molecule has 7 heteroatoms. The van der Waals surface area contributed by atoms with Crippen LogP contribution in [0.15, 0.2) is 6.20 Å². The molecule has 7 nitrogen and oxygen atoms in total. The van der Waals surface area contributed by atoms with E-state index in [9.17, 15) is 9.59 Å². The van der Waals surface area contributed by atoms with E-state index in [2.05, 4.69) is 14.9 Å². The van der Waals surface area contributed by atoms with Gasteiger partial charge in [0.1, 0.15) is 11.9 Å². The Hall–Kier alpha value is -2.02. The average molecular weight is 317 g/mol. The van der Waals surface area contributed by atoms with Crippen molar-refractivity contribution in [3.05, 3.63) is 23.3 Å². The summed E-state index contributed by atoms with van der Waals surface area (Å²) in [5.74, 6) is 0.342. The molecule has 2 amide bonds. The first-order valence-corrected chi connectivity index (χ1v) is 8.17. The summed E-state index contributed by atoms with van der Waals surface area (Å²) < 4.78 is 0. The van der Waals surface area contributed by atoms with Crippen LogP contribution >= 0.6 is 0 Å². The van der Waals surface area contributed by atoms with Crippen molar-refractivity contribution in [1.82, 2.24) is 19.8 Å². The van der Waals surface area contributed by atoms with Crippen molar-refractivity contribution in [2.45, 2.75) is 45.2 Å². The number of carbonyl (C=O) groups excluding carboxylic acids is 2. The van der Waals surface area contributed by atoms with Gasteiger partial charge in [0.15, 0.2) is 0 Å². The smallest absolute Gasteiger partial charge is 0.240 e. The van der Waals surface area contributed by atoms with Crippen LogP contribution in [0.2, 0.25) is 0 Å². The second-order valence-corrected chi connectivity index (χ2v) is 6.35. The molecule has 2 N–H and O–H groups in total. The largest absolute Gasteiger partial charge is 0.368 e. The summed E-state index contributed by atoms with van der Waals surface area (Å²) in [6.45, 7) is 4.26. The van der Waals surface area contributed by atoms with Crippen molar-refractivity contribution >= 4 is 11.8 Å². The van der Waals surface area contributed by atoms with Crippen molar-refractivity contribution in [3.63, 3.8) is 0 Å². The summed E-state index contributed by atoms with van der Waals surface area (Å²) >= 11 is 0. The molecule has 2 aliphatic rings. The van der Waals surface area contributed by atoms with Crippen molar-refractivity contribution in [2.24, 2.45) is 5.73 Å². The number of nitrogens with zero attached hydrogens (tertiary/aromatic N) is 4. The molecule has 1 aromatic rings. The Morgan fingerprint density at radius 1 is 1.35 bits per heavy atom. The molecule has 0 radical (unpaired) electrons. The van der Waals surface area contributed by atoms with Gasteiger partial charge < -0.3 is 10.6 Å². The molecule has 1 fully saturated rings. The van der Waals surface area contributed by atoms with Crippen LogP contribution in [-0.4, -0.2) is 57.3 Å². The number of hydrogen-bond acceptors (Lipinski definition) is 5. The minimum absolute atomic E-state index is 0.0114. The zero-order valence-electron chi connectivity index (χ0n) is 13.5. The van der Waals surface area contributed by atoms with Crippen LogP contribution in [-0.2, 0) is 22.6 Å². The van der Waals surface area contributed by atoms with E-state index in [1.165, 1.54) is 0 Å². The maximum absolute atomic E-state index is 12.6. The highest BCUT2D eigenvalue weighted by atomic mass is 16.2. The zero-order valence-corrected chi connectivity index (χ0v) is 13.5. The maximum Gasteiger partial charge on any atom is 0.240 e. The fourth-order valence-corrected chi connectivity index (χ4v) is 3.40. The predicted octanol–water partition coefficient (Wildman–Crippen LogP) is 0.00952. The fraction of sp³-hybridized carbons (Fsp3) is 0.625. The third-order valence-electron chi connectivity index (χ3n) is 4.66. The van der Waals surface area contributed by atoms with Crippen LogP contribution in [0.25, 0.3) is 0 Å². The molecule has 1 aromatic heterocycles. The highest BCUT2D eigenvalue weighted by molar-refractivity contribution is 5.87. The molecule has 0 spiro atoms. The summed E-state index contributed by atoms with van der Waals surface area (Å²) in [7, 11) is 0. The molecular weight excluding hydrogens is 294 g/mol. The molecule has 0 bridgehead atoms. The van der Waals surface area contributed by atoms with Gasteiger partial charge in [0.2, 0.25) is 11.8 Å². The second kappa shape index (κ2) is 6.62. The van der Waals surface area contributed by atoms with Gasteiger partial charge in [0, 0.05) is 25.8 Å². The first-order chi connectivity index (χ1) is 11.0. The molecule has 1 atom stereocenters. The van der Waals surface area contributed by atoms with Crippen LogP contribution in [0.5, 0.6) is 0 Å². The van der Waals surface area contributed by atoms with Gasteiger partial charge in [-0.15, -0.1) is 0 Å². The van der Waals surface area contributed by atoms with Gasteiger partial charge in [-0.1, -0.05) is 0 Å². The monoisotopic (exact) mass is 317 g/mol. The Kier molecular flexibility index (Phi) is 4.56. The van der Waals surface area contributed by atoms with Gasteiger partial charge in [0.25, 0.3) is 0 Å². The molecule has 3 rings (SSSR count). The van der Waals surface area contributed by atoms with Gasteiger partial charge in [-0.2, -0.15) is 0 Å². The molecule has 0 aromatic carbocycles. The summed E-state index contributed by atoms with van der Waals surface area (Å²) in [6, 6.07) is -0.446. The minimum Gasteiger partial charge on any atom is -0.368 e. The summed E-state index contributed by atoms with van der Waals surface area (Å²) in [6.07, 6.45) is 5.29. The summed E-state index contributed by atoms with van der Waals surface area (Å²) in [5, 5.41) is 0. The van der Waals surface area contributed by atoms with E-state index in [-0.39, 0.29) is 5.91 Å². The molecule has 1 saturated heterocycles. The lowest BCUT2D eigenvalue weighted by molar-refractivity contribution is -0.142. The normalized spacial score (nSPS) is 21.8. The number of primary amides is 1. The molecule has 0 aliphatic carbocycles. The third kappa shape index (κ3) is 3.50. The highest BCUT2D eigenvalue weighted by Gasteiger charge is 2.31. The van der Waals surface area contributed by atoms with Crippen LogP contribution in [0.3, 0.4) is 0 Å². The van der Waals surface area contributed by atoms with Crippen molar-refractivity contribution in [2.75, 3.05) is 19.6 Å². The van der Waals surface area contributed by atoms with Gasteiger partial charge in [0.05, 0.1) is 12.2 Å². The quantitative estimate of drug-likeness (QED) is 0.848. The fourth-order valence-electron chi connectivity index (χ4n) is 3.40. The van der Waals surface area contributed by atoms with Crippen LogP contribution in [0.4, 0.5) is 0 Å². The number of nitrogens with two attached hydrogens (primary N) is 1. The number of rotatable bonds is 3. The van der Waals surface area contributed by atoms with Crippen LogP contribution < -0.4 is 5.73 Å². The second-order valence-electron chi connectivity index (χ2n) is 6.35. The number of hydrogen-bond donors (Lipinski definition) is 1. The maximum atomic E-state index is 12.6. The topological polar surface area (TPSA) is 92.4 Å². The number of fused-ring (bicyclic) bond motifs is 1. The van der Waals surface area contributed by atoms with Crippen LogP contribution in [0.1, 0.15) is 36.3 Å². The van der Waals surface area contributed by atoms with Crippen molar-refractivity contribution in [1.29, 1.82) is 0 Å². The molecule has 2 aliphatic heterocycles. The SMILES string of the molecule is Cc1ncc2c(n1)CN(CC(=O)N1CCCCC1C(N)=O)CC2. The number of carbonyl (C=O) groups is 2. The Bertz CT molecular complexity index is 618. The Labute approximate surface area is 135 Å². The van der Waals surface area contributed by atoms with Crippen molar-refractivity contribution < 1.29 is 9.59 Å².